The van der Waals surface area contributed by atoms with Gasteiger partial charge in [0.15, 0.2) is 0 Å². The first-order chi connectivity index (χ1) is 14.0. The maximum Gasteiger partial charge on any atom is 0.228 e. The van der Waals surface area contributed by atoms with E-state index in [1.807, 2.05) is 30.3 Å². The minimum absolute atomic E-state index is 0.0536. The summed E-state index contributed by atoms with van der Waals surface area (Å²) in [6, 6.07) is 14.9. The molecule has 0 saturated carbocycles. The quantitative estimate of drug-likeness (QED) is 0.721. The Balaban J connectivity index is 1.25. The fourth-order valence-corrected chi connectivity index (χ4v) is 4.52. The lowest BCUT2D eigenvalue weighted by molar-refractivity contribution is -0.115. The highest BCUT2D eigenvalue weighted by atomic mass is 35.5. The summed E-state index contributed by atoms with van der Waals surface area (Å²) in [5.74, 6) is 0.895. The molecule has 2 atom stereocenters. The maximum absolute atomic E-state index is 11.5. The molecule has 2 unspecified atom stereocenters. The molecule has 0 spiro atoms. The lowest BCUT2D eigenvalue weighted by atomic mass is 10.1. The van der Waals surface area contributed by atoms with Crippen molar-refractivity contribution in [1.29, 1.82) is 0 Å². The molecule has 2 aliphatic heterocycles. The molecule has 5 nitrogen and oxygen atoms in total. The summed E-state index contributed by atoms with van der Waals surface area (Å²) in [6.45, 7) is 8.31. The molecular formula is C23H28ClN3O2. The summed E-state index contributed by atoms with van der Waals surface area (Å²) in [7, 11) is 0. The number of hydrogen-bond acceptors (Lipinski definition) is 4. The van der Waals surface area contributed by atoms with Gasteiger partial charge in [0.05, 0.1) is 13.0 Å². The van der Waals surface area contributed by atoms with Gasteiger partial charge in [0.2, 0.25) is 5.91 Å². The zero-order chi connectivity index (χ0) is 20.4. The van der Waals surface area contributed by atoms with Crippen LogP contribution in [0.3, 0.4) is 0 Å². The smallest absolute Gasteiger partial charge is 0.228 e. The number of nitrogens with zero attached hydrogens (tertiary/aromatic N) is 2. The molecule has 1 saturated heterocycles. The van der Waals surface area contributed by atoms with Gasteiger partial charge in [0, 0.05) is 48.1 Å². The fourth-order valence-electron chi connectivity index (χ4n) is 4.39. The van der Waals surface area contributed by atoms with Crippen LogP contribution in [0.4, 0.5) is 11.4 Å². The highest BCUT2D eigenvalue weighted by Gasteiger charge is 2.29. The van der Waals surface area contributed by atoms with Crippen molar-refractivity contribution in [3.63, 3.8) is 0 Å². The van der Waals surface area contributed by atoms with Crippen LogP contribution < -0.4 is 15.0 Å². The first kappa shape index (κ1) is 20.0. The van der Waals surface area contributed by atoms with Crippen molar-refractivity contribution in [2.75, 3.05) is 36.5 Å². The van der Waals surface area contributed by atoms with E-state index >= 15 is 0 Å². The average molecular weight is 414 g/mol. The van der Waals surface area contributed by atoms with Gasteiger partial charge in [0.25, 0.3) is 0 Å². The Morgan fingerprint density at radius 2 is 1.83 bits per heavy atom. The van der Waals surface area contributed by atoms with E-state index in [0.717, 1.165) is 48.1 Å². The molecule has 0 radical (unpaired) electrons. The Hall–Kier alpha value is -2.24. The zero-order valence-electron chi connectivity index (χ0n) is 17.0. The van der Waals surface area contributed by atoms with Crippen LogP contribution in [0.25, 0.3) is 0 Å². The van der Waals surface area contributed by atoms with E-state index < -0.39 is 0 Å². The monoisotopic (exact) mass is 413 g/mol. The first-order valence-electron chi connectivity index (χ1n) is 10.3. The molecule has 2 heterocycles. The number of nitrogens with one attached hydrogen (secondary N) is 1. The fraction of sp³-hybridized carbons (Fsp3) is 0.435. The highest BCUT2D eigenvalue weighted by Crippen LogP contribution is 2.27. The van der Waals surface area contributed by atoms with Crippen molar-refractivity contribution in [2.45, 2.75) is 38.8 Å². The molecule has 2 aromatic carbocycles. The largest absolute Gasteiger partial charge is 0.494 e. The molecule has 1 amide bonds. The molecule has 2 aliphatic rings. The van der Waals surface area contributed by atoms with Gasteiger partial charge in [-0.1, -0.05) is 11.6 Å². The third kappa shape index (κ3) is 4.68. The molecule has 4 rings (SSSR count). The number of rotatable bonds is 6. The van der Waals surface area contributed by atoms with E-state index in [1.54, 1.807) is 0 Å². The first-order valence-corrected chi connectivity index (χ1v) is 10.7. The van der Waals surface area contributed by atoms with E-state index in [0.29, 0.717) is 25.1 Å². The Bertz CT molecular complexity index is 859. The van der Waals surface area contributed by atoms with Crippen LogP contribution in [-0.4, -0.2) is 49.1 Å². The number of hydrogen-bond donors (Lipinski definition) is 1. The third-order valence-corrected chi connectivity index (χ3v) is 6.08. The molecule has 6 heteroatoms. The summed E-state index contributed by atoms with van der Waals surface area (Å²) >= 11 is 6.02. The number of benzene rings is 2. The molecular weight excluding hydrogens is 386 g/mol. The van der Waals surface area contributed by atoms with Crippen molar-refractivity contribution < 1.29 is 9.53 Å². The highest BCUT2D eigenvalue weighted by molar-refractivity contribution is 6.30. The van der Waals surface area contributed by atoms with Crippen molar-refractivity contribution in [3.05, 3.63) is 53.1 Å². The molecule has 0 bridgehead atoms. The predicted molar refractivity (Wildman–Crippen MR) is 118 cm³/mol. The standard InChI is InChI=1S/C23H28ClN3O2/c1-16-14-26(20-6-4-19(24)5-7-20)15-17(2)27(16)10-3-11-29-21-8-9-22-18(12-21)13-23(28)25-22/h4-9,12,16-17H,3,10-11,13-15H2,1-2H3,(H,25,28). The van der Waals surface area contributed by atoms with Crippen LogP contribution >= 0.6 is 11.6 Å². The van der Waals surface area contributed by atoms with Gasteiger partial charge in [-0.3, -0.25) is 9.69 Å². The number of ether oxygens (including phenoxy) is 1. The molecule has 2 aromatic rings. The lowest BCUT2D eigenvalue weighted by Crippen LogP contribution is -2.57. The van der Waals surface area contributed by atoms with Crippen molar-refractivity contribution in [1.82, 2.24) is 4.90 Å². The lowest BCUT2D eigenvalue weighted by Gasteiger charge is -2.45. The van der Waals surface area contributed by atoms with Gasteiger partial charge in [-0.15, -0.1) is 0 Å². The third-order valence-electron chi connectivity index (χ3n) is 5.82. The van der Waals surface area contributed by atoms with Gasteiger partial charge in [-0.05, 0) is 68.3 Å². The van der Waals surface area contributed by atoms with E-state index in [2.05, 4.69) is 41.1 Å². The minimum atomic E-state index is 0.0536. The van der Waals surface area contributed by atoms with Crippen LogP contribution in [0.2, 0.25) is 5.02 Å². The number of fused-ring (bicyclic) bond motifs is 1. The summed E-state index contributed by atoms with van der Waals surface area (Å²) in [5, 5.41) is 3.63. The second kappa shape index (κ2) is 8.64. The van der Waals surface area contributed by atoms with Crippen LogP contribution in [0.1, 0.15) is 25.8 Å². The molecule has 154 valence electrons. The van der Waals surface area contributed by atoms with Gasteiger partial charge in [-0.25, -0.2) is 0 Å². The topological polar surface area (TPSA) is 44.8 Å². The van der Waals surface area contributed by atoms with Crippen LogP contribution in [0.15, 0.2) is 42.5 Å². The Morgan fingerprint density at radius 3 is 2.55 bits per heavy atom. The van der Waals surface area contributed by atoms with E-state index in [1.165, 1.54) is 5.69 Å². The molecule has 29 heavy (non-hydrogen) atoms. The second-order valence-electron chi connectivity index (χ2n) is 8.06. The van der Waals surface area contributed by atoms with Gasteiger partial charge in [-0.2, -0.15) is 0 Å². The van der Waals surface area contributed by atoms with E-state index in [4.69, 9.17) is 16.3 Å². The summed E-state index contributed by atoms with van der Waals surface area (Å²) < 4.78 is 5.94. The Labute approximate surface area is 177 Å². The molecule has 0 aromatic heterocycles. The second-order valence-corrected chi connectivity index (χ2v) is 8.50. The minimum Gasteiger partial charge on any atom is -0.494 e. The molecule has 0 aliphatic carbocycles. The average Bonchev–Trinajstić information content (AvgIpc) is 3.06. The van der Waals surface area contributed by atoms with E-state index in [-0.39, 0.29) is 5.91 Å². The van der Waals surface area contributed by atoms with Gasteiger partial charge >= 0.3 is 0 Å². The van der Waals surface area contributed by atoms with Gasteiger partial charge < -0.3 is 15.0 Å². The normalized spacial score (nSPS) is 21.8. The number of anilines is 2. The van der Waals surface area contributed by atoms with Crippen LogP contribution in [0, 0.1) is 0 Å². The van der Waals surface area contributed by atoms with Crippen molar-refractivity contribution >= 4 is 28.9 Å². The van der Waals surface area contributed by atoms with Crippen LogP contribution in [0.5, 0.6) is 5.75 Å². The van der Waals surface area contributed by atoms with Crippen molar-refractivity contribution in [2.24, 2.45) is 0 Å². The maximum atomic E-state index is 11.5. The zero-order valence-corrected chi connectivity index (χ0v) is 17.8. The van der Waals surface area contributed by atoms with Crippen LogP contribution in [-0.2, 0) is 11.2 Å². The Kier molecular flexibility index (Phi) is 5.97. The number of carbonyl (C=O) groups excluding carboxylic acids is 1. The summed E-state index contributed by atoms with van der Waals surface area (Å²) in [4.78, 5) is 16.5. The summed E-state index contributed by atoms with van der Waals surface area (Å²) in [5.41, 5.74) is 3.16. The SMILES string of the molecule is CC1CN(c2ccc(Cl)cc2)CC(C)N1CCCOc1ccc2c(c1)CC(=O)N2. The number of piperazine rings is 1. The summed E-state index contributed by atoms with van der Waals surface area (Å²) in [6.07, 6.45) is 1.42. The van der Waals surface area contributed by atoms with Gasteiger partial charge in [0.1, 0.15) is 5.75 Å². The number of carbonyl (C=O) groups is 1. The molecule has 1 fully saturated rings. The van der Waals surface area contributed by atoms with Crippen molar-refractivity contribution in [3.8, 4) is 5.75 Å². The van der Waals surface area contributed by atoms with E-state index in [9.17, 15) is 4.79 Å². The molecule has 1 N–H and O–H groups in total. The Morgan fingerprint density at radius 1 is 1.10 bits per heavy atom. The predicted octanol–water partition coefficient (Wildman–Crippen LogP) is 4.20. The number of halogens is 1. The number of amides is 1.